The minimum atomic E-state index is -3.70. The normalized spacial score (nSPS) is 11.0. The Balaban J connectivity index is 2.26. The van der Waals surface area contributed by atoms with Crippen LogP contribution in [0, 0.1) is 12.7 Å². The zero-order valence-corrected chi connectivity index (χ0v) is 14.5. The van der Waals surface area contributed by atoms with E-state index in [-0.39, 0.29) is 22.6 Å². The molecular formula is C17H17FN2O4S. The second-order valence-corrected chi connectivity index (χ2v) is 7.31. The lowest BCUT2D eigenvalue weighted by atomic mass is 10.1. The molecule has 0 fully saturated rings. The fourth-order valence-electron chi connectivity index (χ4n) is 2.01. The molecule has 0 radical (unpaired) electrons. The highest BCUT2D eigenvalue weighted by Crippen LogP contribution is 2.19. The van der Waals surface area contributed by atoms with E-state index in [1.165, 1.54) is 43.3 Å². The van der Waals surface area contributed by atoms with Crippen LogP contribution < -0.4 is 10.0 Å². The first kappa shape index (κ1) is 18.6. The number of benzene rings is 2. The van der Waals surface area contributed by atoms with E-state index in [0.717, 1.165) is 0 Å². The van der Waals surface area contributed by atoms with E-state index >= 15 is 0 Å². The van der Waals surface area contributed by atoms with Gasteiger partial charge >= 0.3 is 0 Å². The number of carbonyl (C=O) groups is 2. The molecule has 0 saturated heterocycles. The van der Waals surface area contributed by atoms with E-state index < -0.39 is 27.7 Å². The van der Waals surface area contributed by atoms with Crippen LogP contribution in [0.1, 0.15) is 33.2 Å². The van der Waals surface area contributed by atoms with Crippen molar-refractivity contribution in [3.05, 3.63) is 65.0 Å². The number of aryl methyl sites for hydroxylation is 1. The SMILES string of the molecule is CCS(=O)(=O)NC(=O)c1ccc(C)c(NC(=O)c2ccccc2F)c1. The van der Waals surface area contributed by atoms with Gasteiger partial charge in [-0.1, -0.05) is 18.2 Å². The maximum atomic E-state index is 13.7. The number of hydrogen-bond acceptors (Lipinski definition) is 4. The van der Waals surface area contributed by atoms with Gasteiger partial charge in [0, 0.05) is 11.3 Å². The van der Waals surface area contributed by atoms with Gasteiger partial charge in [-0.2, -0.15) is 0 Å². The maximum Gasteiger partial charge on any atom is 0.264 e. The van der Waals surface area contributed by atoms with Crippen LogP contribution in [0.2, 0.25) is 0 Å². The summed E-state index contributed by atoms with van der Waals surface area (Å²) >= 11 is 0. The van der Waals surface area contributed by atoms with Gasteiger partial charge in [0.1, 0.15) is 5.82 Å². The fourth-order valence-corrected chi connectivity index (χ4v) is 2.55. The number of anilines is 1. The zero-order valence-electron chi connectivity index (χ0n) is 13.7. The van der Waals surface area contributed by atoms with Crippen LogP contribution in [-0.2, 0) is 10.0 Å². The minimum Gasteiger partial charge on any atom is -0.322 e. The molecule has 0 aliphatic heterocycles. The van der Waals surface area contributed by atoms with E-state index in [2.05, 4.69) is 5.32 Å². The summed E-state index contributed by atoms with van der Waals surface area (Å²) in [5, 5.41) is 2.53. The summed E-state index contributed by atoms with van der Waals surface area (Å²) in [5.74, 6) is -2.37. The predicted octanol–water partition coefficient (Wildman–Crippen LogP) is 2.47. The molecule has 0 heterocycles. The first-order valence-electron chi connectivity index (χ1n) is 7.45. The highest BCUT2D eigenvalue weighted by molar-refractivity contribution is 7.90. The lowest BCUT2D eigenvalue weighted by Gasteiger charge is -2.11. The highest BCUT2D eigenvalue weighted by Gasteiger charge is 2.17. The third-order valence-electron chi connectivity index (χ3n) is 3.49. The Morgan fingerprint density at radius 1 is 1.08 bits per heavy atom. The average molecular weight is 364 g/mol. The summed E-state index contributed by atoms with van der Waals surface area (Å²) in [5.41, 5.74) is 0.853. The molecule has 0 aliphatic carbocycles. The summed E-state index contributed by atoms with van der Waals surface area (Å²) in [6.45, 7) is 3.10. The van der Waals surface area contributed by atoms with Gasteiger partial charge in [-0.05, 0) is 43.7 Å². The predicted molar refractivity (Wildman–Crippen MR) is 92.5 cm³/mol. The Kier molecular flexibility index (Phi) is 5.53. The lowest BCUT2D eigenvalue weighted by Crippen LogP contribution is -2.31. The molecule has 6 nitrogen and oxygen atoms in total. The largest absolute Gasteiger partial charge is 0.322 e. The molecule has 2 aromatic carbocycles. The summed E-state index contributed by atoms with van der Waals surface area (Å²) in [6.07, 6.45) is 0. The lowest BCUT2D eigenvalue weighted by molar-refractivity contribution is 0.0978. The van der Waals surface area contributed by atoms with Crippen LogP contribution in [0.15, 0.2) is 42.5 Å². The molecule has 132 valence electrons. The van der Waals surface area contributed by atoms with Crippen LogP contribution in [0.3, 0.4) is 0 Å². The number of carbonyl (C=O) groups excluding carboxylic acids is 2. The molecule has 0 spiro atoms. The van der Waals surface area contributed by atoms with E-state index in [1.54, 1.807) is 13.0 Å². The van der Waals surface area contributed by atoms with Gasteiger partial charge < -0.3 is 5.32 Å². The summed E-state index contributed by atoms with van der Waals surface area (Å²) in [4.78, 5) is 24.2. The van der Waals surface area contributed by atoms with Gasteiger partial charge in [-0.3, -0.25) is 9.59 Å². The molecule has 2 aromatic rings. The second kappa shape index (κ2) is 7.43. The standard InChI is InChI=1S/C17H17FN2O4S/c1-3-25(23,24)20-16(21)12-9-8-11(2)15(10-12)19-17(22)13-6-4-5-7-14(13)18/h4-10H,3H2,1-2H3,(H,19,22)(H,20,21). The van der Waals surface area contributed by atoms with Crippen LogP contribution in [0.5, 0.6) is 0 Å². The van der Waals surface area contributed by atoms with Crippen molar-refractivity contribution in [2.45, 2.75) is 13.8 Å². The van der Waals surface area contributed by atoms with Gasteiger partial charge in [-0.15, -0.1) is 0 Å². The van der Waals surface area contributed by atoms with Crippen molar-refractivity contribution in [1.82, 2.24) is 4.72 Å². The van der Waals surface area contributed by atoms with E-state index in [1.807, 2.05) is 4.72 Å². The zero-order chi connectivity index (χ0) is 18.6. The Hall–Kier alpha value is -2.74. The van der Waals surface area contributed by atoms with Crippen molar-refractivity contribution in [3.63, 3.8) is 0 Å². The number of hydrogen-bond donors (Lipinski definition) is 2. The van der Waals surface area contributed by atoms with Crippen LogP contribution in [-0.4, -0.2) is 26.0 Å². The molecule has 0 aliphatic rings. The van der Waals surface area contributed by atoms with Gasteiger partial charge in [0.2, 0.25) is 10.0 Å². The third kappa shape index (κ3) is 4.63. The third-order valence-corrected chi connectivity index (χ3v) is 4.75. The van der Waals surface area contributed by atoms with Crippen LogP contribution in [0.4, 0.5) is 10.1 Å². The quantitative estimate of drug-likeness (QED) is 0.852. The Labute approximate surface area is 145 Å². The minimum absolute atomic E-state index is 0.0615. The monoisotopic (exact) mass is 364 g/mol. The van der Waals surface area contributed by atoms with Crippen molar-refractivity contribution in [3.8, 4) is 0 Å². The number of sulfonamides is 1. The first-order chi connectivity index (χ1) is 11.7. The van der Waals surface area contributed by atoms with Gasteiger partial charge in [0.15, 0.2) is 0 Å². The van der Waals surface area contributed by atoms with Crippen molar-refractivity contribution in [2.24, 2.45) is 0 Å². The fraction of sp³-hybridized carbons (Fsp3) is 0.176. The number of halogens is 1. The molecule has 2 rings (SSSR count). The first-order valence-corrected chi connectivity index (χ1v) is 9.10. The molecular weight excluding hydrogens is 347 g/mol. The molecule has 0 aromatic heterocycles. The van der Waals surface area contributed by atoms with Crippen molar-refractivity contribution in [1.29, 1.82) is 0 Å². The van der Waals surface area contributed by atoms with Crippen molar-refractivity contribution >= 4 is 27.5 Å². The molecule has 0 bridgehead atoms. The molecule has 25 heavy (non-hydrogen) atoms. The summed E-state index contributed by atoms with van der Waals surface area (Å²) < 4.78 is 38.6. The van der Waals surface area contributed by atoms with Crippen LogP contribution in [0.25, 0.3) is 0 Å². The van der Waals surface area contributed by atoms with E-state index in [9.17, 15) is 22.4 Å². The molecule has 8 heteroatoms. The molecule has 0 atom stereocenters. The van der Waals surface area contributed by atoms with Crippen molar-refractivity contribution < 1.29 is 22.4 Å². The smallest absolute Gasteiger partial charge is 0.264 e. The summed E-state index contributed by atoms with van der Waals surface area (Å²) in [6, 6.07) is 9.85. The Morgan fingerprint density at radius 3 is 2.40 bits per heavy atom. The molecule has 0 saturated carbocycles. The van der Waals surface area contributed by atoms with Gasteiger partial charge in [-0.25, -0.2) is 17.5 Å². The Bertz CT molecular complexity index is 926. The summed E-state index contributed by atoms with van der Waals surface area (Å²) in [7, 11) is -3.70. The number of amides is 2. The van der Waals surface area contributed by atoms with E-state index in [4.69, 9.17) is 0 Å². The van der Waals surface area contributed by atoms with Gasteiger partial charge in [0.25, 0.3) is 11.8 Å². The molecule has 2 N–H and O–H groups in total. The van der Waals surface area contributed by atoms with Crippen molar-refractivity contribution in [2.75, 3.05) is 11.1 Å². The van der Waals surface area contributed by atoms with Crippen LogP contribution >= 0.6 is 0 Å². The molecule has 2 amide bonds. The number of nitrogens with one attached hydrogen (secondary N) is 2. The molecule has 0 unspecified atom stereocenters. The highest BCUT2D eigenvalue weighted by atomic mass is 32.2. The number of rotatable bonds is 5. The van der Waals surface area contributed by atoms with E-state index in [0.29, 0.717) is 5.56 Å². The average Bonchev–Trinajstić information content (AvgIpc) is 2.56. The Morgan fingerprint density at radius 2 is 1.76 bits per heavy atom. The van der Waals surface area contributed by atoms with Gasteiger partial charge in [0.05, 0.1) is 11.3 Å². The topological polar surface area (TPSA) is 92.3 Å². The second-order valence-electron chi connectivity index (χ2n) is 5.30. The maximum absolute atomic E-state index is 13.7.